The van der Waals surface area contributed by atoms with Crippen molar-refractivity contribution in [1.29, 1.82) is 0 Å². The lowest BCUT2D eigenvalue weighted by Crippen LogP contribution is -2.21. The SMILES string of the molecule is BC(B)(CCC(CCSCc1ccccc1)SCc1ccccc1)CC(=O)OC. The first-order valence-electron chi connectivity index (χ1n) is 10.3. The second-order valence-electron chi connectivity index (χ2n) is 8.20. The van der Waals surface area contributed by atoms with Gasteiger partial charge in [0, 0.05) is 23.2 Å². The fraction of sp³-hybridized carbons (Fsp3) is 0.435. The summed E-state index contributed by atoms with van der Waals surface area (Å²) in [6.07, 6.45) is 3.86. The summed E-state index contributed by atoms with van der Waals surface area (Å²) in [6, 6.07) is 21.4. The van der Waals surface area contributed by atoms with E-state index in [1.165, 1.54) is 30.4 Å². The molecule has 6 heteroatoms. The van der Waals surface area contributed by atoms with Gasteiger partial charge in [0.2, 0.25) is 0 Å². The van der Waals surface area contributed by atoms with Crippen molar-refractivity contribution in [3.05, 3.63) is 71.8 Å². The molecule has 0 bridgehead atoms. The summed E-state index contributed by atoms with van der Waals surface area (Å²) in [5, 5.41) is 0.589. The molecule has 0 heterocycles. The zero-order chi connectivity index (χ0) is 21.0. The number of carbonyl (C=O) groups is 1. The van der Waals surface area contributed by atoms with Gasteiger partial charge in [-0.05, 0) is 29.7 Å². The molecule has 2 aromatic carbocycles. The summed E-state index contributed by atoms with van der Waals surface area (Å²) in [6.45, 7) is 0. The Kier molecular flexibility index (Phi) is 10.9. The number of hydrogen-bond donors (Lipinski definition) is 0. The van der Waals surface area contributed by atoms with E-state index in [9.17, 15) is 4.79 Å². The van der Waals surface area contributed by atoms with Crippen molar-refractivity contribution < 1.29 is 9.53 Å². The number of hydrogen-bond acceptors (Lipinski definition) is 4. The predicted octanol–water partition coefficient (Wildman–Crippen LogP) is 4.34. The minimum absolute atomic E-state index is 0.0180. The van der Waals surface area contributed by atoms with E-state index in [0.717, 1.165) is 24.3 Å². The third-order valence-electron chi connectivity index (χ3n) is 5.02. The molecule has 0 saturated heterocycles. The number of benzene rings is 2. The van der Waals surface area contributed by atoms with Crippen molar-refractivity contribution in [3.63, 3.8) is 0 Å². The van der Waals surface area contributed by atoms with Gasteiger partial charge in [-0.2, -0.15) is 23.5 Å². The number of esters is 1. The lowest BCUT2D eigenvalue weighted by molar-refractivity contribution is -0.140. The van der Waals surface area contributed by atoms with E-state index < -0.39 is 0 Å². The van der Waals surface area contributed by atoms with Gasteiger partial charge in [0.05, 0.1) is 22.8 Å². The Morgan fingerprint density at radius 2 is 1.55 bits per heavy atom. The van der Waals surface area contributed by atoms with Crippen LogP contribution < -0.4 is 0 Å². The van der Waals surface area contributed by atoms with Crippen LogP contribution in [-0.2, 0) is 21.0 Å². The molecule has 0 N–H and O–H groups in total. The minimum atomic E-state index is -0.109. The third kappa shape index (κ3) is 10.4. The molecular weight excluding hydrogens is 394 g/mol. The molecule has 2 aromatic rings. The maximum absolute atomic E-state index is 11.7. The second-order valence-corrected chi connectivity index (χ2v) is 10.6. The van der Waals surface area contributed by atoms with Crippen molar-refractivity contribution in [2.24, 2.45) is 0 Å². The molecule has 0 spiro atoms. The first-order chi connectivity index (χ1) is 14.0. The minimum Gasteiger partial charge on any atom is -0.469 e. The van der Waals surface area contributed by atoms with E-state index >= 15 is 0 Å². The Bertz CT molecular complexity index is 711. The Morgan fingerprint density at radius 3 is 2.14 bits per heavy atom. The molecule has 0 radical (unpaired) electrons. The lowest BCUT2D eigenvalue weighted by atomic mass is 9.50. The number of ether oxygens (including phenoxy) is 1. The predicted molar refractivity (Wildman–Crippen MR) is 134 cm³/mol. The zero-order valence-corrected chi connectivity index (χ0v) is 19.6. The quantitative estimate of drug-likeness (QED) is 0.271. The average Bonchev–Trinajstić information content (AvgIpc) is 2.73. The van der Waals surface area contributed by atoms with Crippen LogP contribution in [0, 0.1) is 0 Å². The maximum Gasteiger partial charge on any atom is 0.304 e. The highest BCUT2D eigenvalue weighted by Gasteiger charge is 2.24. The van der Waals surface area contributed by atoms with E-state index in [1.54, 1.807) is 0 Å². The van der Waals surface area contributed by atoms with Gasteiger partial charge in [0.25, 0.3) is 0 Å². The van der Waals surface area contributed by atoms with Crippen LogP contribution in [0.15, 0.2) is 60.7 Å². The van der Waals surface area contributed by atoms with Crippen LogP contribution >= 0.6 is 23.5 Å². The van der Waals surface area contributed by atoms with Gasteiger partial charge in [-0.3, -0.25) is 4.79 Å². The summed E-state index contributed by atoms with van der Waals surface area (Å²) >= 11 is 4.07. The number of carbonyl (C=O) groups excluding carboxylic acids is 1. The molecule has 0 aliphatic rings. The van der Waals surface area contributed by atoms with Crippen LogP contribution in [0.2, 0.25) is 5.21 Å². The number of thioether (sulfide) groups is 2. The maximum atomic E-state index is 11.7. The Hall–Kier alpha value is -1.26. The first-order valence-corrected chi connectivity index (χ1v) is 12.5. The van der Waals surface area contributed by atoms with Gasteiger partial charge in [0.1, 0.15) is 0 Å². The van der Waals surface area contributed by atoms with Crippen LogP contribution in [0.4, 0.5) is 0 Å². The van der Waals surface area contributed by atoms with Gasteiger partial charge in [0.15, 0.2) is 0 Å². The molecule has 0 saturated carbocycles. The highest BCUT2D eigenvalue weighted by Crippen LogP contribution is 2.34. The molecule has 2 rings (SSSR count). The molecular formula is C23H32B2O2S2. The smallest absolute Gasteiger partial charge is 0.304 e. The van der Waals surface area contributed by atoms with Crippen molar-refractivity contribution in [2.75, 3.05) is 12.9 Å². The summed E-state index contributed by atoms with van der Waals surface area (Å²) in [5.41, 5.74) is 2.78. The second kappa shape index (κ2) is 13.1. The number of rotatable bonds is 13. The summed E-state index contributed by atoms with van der Waals surface area (Å²) < 4.78 is 4.87. The molecule has 2 nitrogen and oxygen atoms in total. The van der Waals surface area contributed by atoms with Gasteiger partial charge >= 0.3 is 5.97 Å². The summed E-state index contributed by atoms with van der Waals surface area (Å²) in [7, 11) is 5.82. The summed E-state index contributed by atoms with van der Waals surface area (Å²) in [4.78, 5) is 11.7. The fourth-order valence-electron chi connectivity index (χ4n) is 3.18. The van der Waals surface area contributed by atoms with Crippen molar-refractivity contribution in [2.45, 2.75) is 47.7 Å². The Balaban J connectivity index is 1.83. The standard InChI is InChI=1S/C23H32B2O2S2/c1-27-22(26)16-23(24,25)14-12-21(29-18-20-10-6-3-7-11-20)13-15-28-17-19-8-4-2-5-9-19/h2-11,21H,12-18,24-25H2,1H3. The lowest BCUT2D eigenvalue weighted by Gasteiger charge is -2.26. The van der Waals surface area contributed by atoms with Gasteiger partial charge < -0.3 is 4.74 Å². The highest BCUT2D eigenvalue weighted by molar-refractivity contribution is 7.99. The van der Waals surface area contributed by atoms with E-state index in [-0.39, 0.29) is 11.2 Å². The topological polar surface area (TPSA) is 26.3 Å². The molecule has 1 atom stereocenters. The molecule has 0 amide bonds. The number of methoxy groups -OCH3 is 1. The van der Waals surface area contributed by atoms with Crippen LogP contribution in [0.5, 0.6) is 0 Å². The van der Waals surface area contributed by atoms with E-state index in [0.29, 0.717) is 11.7 Å². The van der Waals surface area contributed by atoms with Crippen molar-refractivity contribution >= 4 is 45.2 Å². The first kappa shape index (κ1) is 24.0. The van der Waals surface area contributed by atoms with Gasteiger partial charge in [-0.1, -0.05) is 72.3 Å². The molecule has 0 fully saturated rings. The van der Waals surface area contributed by atoms with Crippen LogP contribution in [0.25, 0.3) is 0 Å². The third-order valence-corrected chi connectivity index (χ3v) is 7.52. The molecule has 0 aromatic heterocycles. The molecule has 1 unspecified atom stereocenters. The van der Waals surface area contributed by atoms with Crippen LogP contribution in [0.3, 0.4) is 0 Å². The molecule has 0 aliphatic carbocycles. The molecule has 29 heavy (non-hydrogen) atoms. The highest BCUT2D eigenvalue weighted by atomic mass is 32.2. The largest absolute Gasteiger partial charge is 0.469 e. The Morgan fingerprint density at radius 1 is 0.966 bits per heavy atom. The summed E-state index contributed by atoms with van der Waals surface area (Å²) in [5.74, 6) is 3.18. The normalized spacial score (nSPS) is 12.4. The zero-order valence-electron chi connectivity index (χ0n) is 17.9. The average molecular weight is 426 g/mol. The Labute approximate surface area is 186 Å². The van der Waals surface area contributed by atoms with Crippen LogP contribution in [-0.4, -0.2) is 39.8 Å². The van der Waals surface area contributed by atoms with Crippen molar-refractivity contribution in [3.8, 4) is 0 Å². The van der Waals surface area contributed by atoms with Crippen molar-refractivity contribution in [1.82, 2.24) is 0 Å². The fourth-order valence-corrected chi connectivity index (χ4v) is 5.54. The monoisotopic (exact) mass is 426 g/mol. The van der Waals surface area contributed by atoms with Crippen LogP contribution in [0.1, 0.15) is 36.8 Å². The van der Waals surface area contributed by atoms with E-state index in [1.807, 2.05) is 11.8 Å². The molecule has 154 valence electrons. The van der Waals surface area contributed by atoms with Gasteiger partial charge in [-0.25, -0.2) is 0 Å². The van der Waals surface area contributed by atoms with Gasteiger partial charge in [-0.15, -0.1) is 0 Å². The van der Waals surface area contributed by atoms with E-state index in [2.05, 4.69) is 88.1 Å². The van der Waals surface area contributed by atoms with E-state index in [4.69, 9.17) is 4.74 Å². The molecule has 0 aliphatic heterocycles.